The average molecular weight is 358 g/mol. The lowest BCUT2D eigenvalue weighted by Gasteiger charge is -2.25. The summed E-state index contributed by atoms with van der Waals surface area (Å²) in [7, 11) is 0. The summed E-state index contributed by atoms with van der Waals surface area (Å²) in [6, 6.07) is 6.58. The molecule has 1 aliphatic rings. The summed E-state index contributed by atoms with van der Waals surface area (Å²) >= 11 is 0. The standard InChI is InChI=1S/C19H23N5.ClH/c1-13-12-14(2)21-19-17(13)22-18(15-8-10-20-11-9-15)24(19)23-16-6-4-3-5-7-16;/h8-12,16,23H,3-7H2,1-2H3;1H. The number of nitrogens with zero attached hydrogens (tertiary/aromatic N) is 4. The number of nitrogens with one attached hydrogen (secondary N) is 1. The highest BCUT2D eigenvalue weighted by Gasteiger charge is 2.20. The van der Waals surface area contributed by atoms with Crippen molar-refractivity contribution in [3.63, 3.8) is 0 Å². The van der Waals surface area contributed by atoms with Crippen LogP contribution in [0.2, 0.25) is 0 Å². The van der Waals surface area contributed by atoms with Crippen LogP contribution >= 0.6 is 12.4 Å². The zero-order valence-corrected chi connectivity index (χ0v) is 15.5. The van der Waals surface area contributed by atoms with Gasteiger partial charge < -0.3 is 5.43 Å². The van der Waals surface area contributed by atoms with Gasteiger partial charge >= 0.3 is 0 Å². The molecule has 3 heterocycles. The molecule has 5 nitrogen and oxygen atoms in total. The van der Waals surface area contributed by atoms with Gasteiger partial charge in [-0.1, -0.05) is 19.3 Å². The van der Waals surface area contributed by atoms with Gasteiger partial charge in [-0.2, -0.15) is 0 Å². The van der Waals surface area contributed by atoms with E-state index in [-0.39, 0.29) is 12.4 Å². The van der Waals surface area contributed by atoms with E-state index in [1.165, 1.54) is 32.1 Å². The zero-order chi connectivity index (χ0) is 16.5. The molecular formula is C19H24ClN5. The van der Waals surface area contributed by atoms with Gasteiger partial charge in [-0.15, -0.1) is 12.4 Å². The van der Waals surface area contributed by atoms with Crippen molar-refractivity contribution in [2.45, 2.75) is 52.0 Å². The first-order valence-electron chi connectivity index (χ1n) is 8.76. The number of fused-ring (bicyclic) bond motifs is 1. The van der Waals surface area contributed by atoms with E-state index in [0.717, 1.165) is 33.8 Å². The molecule has 0 unspecified atom stereocenters. The fourth-order valence-electron chi connectivity index (χ4n) is 3.59. The number of halogens is 1. The minimum absolute atomic E-state index is 0. The quantitative estimate of drug-likeness (QED) is 0.754. The number of hydrogen-bond donors (Lipinski definition) is 1. The van der Waals surface area contributed by atoms with Crippen molar-refractivity contribution in [2.75, 3.05) is 5.43 Å². The number of hydrogen-bond acceptors (Lipinski definition) is 4. The van der Waals surface area contributed by atoms with Crippen LogP contribution in [0, 0.1) is 13.8 Å². The Morgan fingerprint density at radius 2 is 1.76 bits per heavy atom. The van der Waals surface area contributed by atoms with Crippen molar-refractivity contribution in [3.8, 4) is 11.4 Å². The van der Waals surface area contributed by atoms with Crippen LogP contribution in [0.4, 0.5) is 0 Å². The Balaban J connectivity index is 0.00000182. The zero-order valence-electron chi connectivity index (χ0n) is 14.7. The Labute approximate surface area is 154 Å². The summed E-state index contributed by atoms with van der Waals surface area (Å²) in [6.07, 6.45) is 9.97. The van der Waals surface area contributed by atoms with Gasteiger partial charge in [0.2, 0.25) is 0 Å². The van der Waals surface area contributed by atoms with E-state index < -0.39 is 0 Å². The summed E-state index contributed by atoms with van der Waals surface area (Å²) in [5, 5.41) is 0. The Morgan fingerprint density at radius 1 is 1.04 bits per heavy atom. The normalized spacial score (nSPS) is 15.1. The van der Waals surface area contributed by atoms with Crippen molar-refractivity contribution in [3.05, 3.63) is 41.9 Å². The summed E-state index contributed by atoms with van der Waals surface area (Å²) < 4.78 is 2.10. The molecule has 1 aliphatic carbocycles. The fraction of sp³-hybridized carbons (Fsp3) is 0.421. The largest absolute Gasteiger partial charge is 0.319 e. The Hall–Kier alpha value is -2.14. The van der Waals surface area contributed by atoms with E-state index >= 15 is 0 Å². The van der Waals surface area contributed by atoms with Crippen LogP contribution in [-0.2, 0) is 0 Å². The lowest BCUT2D eigenvalue weighted by Crippen LogP contribution is -2.30. The van der Waals surface area contributed by atoms with E-state index in [1.54, 1.807) is 0 Å². The molecule has 0 amide bonds. The van der Waals surface area contributed by atoms with Gasteiger partial charge in [-0.05, 0) is 50.5 Å². The van der Waals surface area contributed by atoms with E-state index in [9.17, 15) is 0 Å². The van der Waals surface area contributed by atoms with Crippen molar-refractivity contribution in [2.24, 2.45) is 0 Å². The van der Waals surface area contributed by atoms with Crippen LogP contribution in [-0.4, -0.2) is 25.7 Å². The van der Waals surface area contributed by atoms with E-state index in [1.807, 2.05) is 31.5 Å². The molecule has 1 fully saturated rings. The van der Waals surface area contributed by atoms with Gasteiger partial charge in [-0.25, -0.2) is 14.6 Å². The molecule has 0 saturated heterocycles. The fourth-order valence-corrected chi connectivity index (χ4v) is 3.59. The van der Waals surface area contributed by atoms with Gasteiger partial charge in [0, 0.05) is 29.7 Å². The number of rotatable bonds is 3. The summed E-state index contributed by atoms with van der Waals surface area (Å²) in [5.41, 5.74) is 8.83. The Morgan fingerprint density at radius 3 is 2.48 bits per heavy atom. The van der Waals surface area contributed by atoms with Gasteiger partial charge in [0.15, 0.2) is 11.5 Å². The van der Waals surface area contributed by atoms with Gasteiger partial charge in [0.1, 0.15) is 5.52 Å². The SMILES string of the molecule is Cc1cc(C)c2nc(-c3ccncc3)n(NC3CCCCC3)c2n1.Cl. The topological polar surface area (TPSA) is 55.6 Å². The molecule has 6 heteroatoms. The maximum Gasteiger partial charge on any atom is 0.179 e. The van der Waals surface area contributed by atoms with E-state index in [4.69, 9.17) is 9.97 Å². The van der Waals surface area contributed by atoms with Crippen molar-refractivity contribution < 1.29 is 0 Å². The molecule has 0 bridgehead atoms. The summed E-state index contributed by atoms with van der Waals surface area (Å²) in [4.78, 5) is 13.8. The predicted octanol–water partition coefficient (Wildman–Crippen LogP) is 4.41. The number of pyridine rings is 2. The highest BCUT2D eigenvalue weighted by molar-refractivity contribution is 5.85. The highest BCUT2D eigenvalue weighted by Crippen LogP contribution is 2.26. The minimum Gasteiger partial charge on any atom is -0.319 e. The van der Waals surface area contributed by atoms with Crippen LogP contribution in [0.3, 0.4) is 0 Å². The number of imidazole rings is 1. The number of aromatic nitrogens is 4. The lowest BCUT2D eigenvalue weighted by atomic mass is 9.96. The monoisotopic (exact) mass is 357 g/mol. The van der Waals surface area contributed by atoms with Crippen LogP contribution < -0.4 is 5.43 Å². The van der Waals surface area contributed by atoms with Gasteiger partial charge in [0.25, 0.3) is 0 Å². The molecule has 0 spiro atoms. The average Bonchev–Trinajstić information content (AvgIpc) is 2.95. The third-order valence-corrected chi connectivity index (χ3v) is 4.79. The first-order chi connectivity index (χ1) is 11.7. The molecule has 1 saturated carbocycles. The molecular weight excluding hydrogens is 334 g/mol. The molecule has 4 rings (SSSR count). The first-order valence-corrected chi connectivity index (χ1v) is 8.76. The third kappa shape index (κ3) is 3.47. The molecule has 0 aromatic carbocycles. The maximum atomic E-state index is 4.90. The van der Waals surface area contributed by atoms with Crippen LogP contribution in [0.25, 0.3) is 22.6 Å². The third-order valence-electron chi connectivity index (χ3n) is 4.79. The van der Waals surface area contributed by atoms with Crippen LogP contribution in [0.15, 0.2) is 30.6 Å². The van der Waals surface area contributed by atoms with Gasteiger partial charge in [0.05, 0.1) is 0 Å². The first kappa shape index (κ1) is 17.7. The Bertz CT molecular complexity index is 853. The Kier molecular flexibility index (Phi) is 5.23. The van der Waals surface area contributed by atoms with Crippen molar-refractivity contribution >= 4 is 23.6 Å². The molecule has 3 aromatic heterocycles. The molecule has 132 valence electrons. The van der Waals surface area contributed by atoms with Crippen LogP contribution in [0.5, 0.6) is 0 Å². The molecule has 25 heavy (non-hydrogen) atoms. The lowest BCUT2D eigenvalue weighted by molar-refractivity contribution is 0.440. The van der Waals surface area contributed by atoms with Crippen molar-refractivity contribution in [1.29, 1.82) is 0 Å². The van der Waals surface area contributed by atoms with Crippen LogP contribution in [0.1, 0.15) is 43.4 Å². The smallest absolute Gasteiger partial charge is 0.179 e. The summed E-state index contributed by atoms with van der Waals surface area (Å²) in [5.74, 6) is 0.916. The minimum atomic E-state index is 0. The molecule has 0 radical (unpaired) electrons. The molecule has 0 aliphatic heterocycles. The van der Waals surface area contributed by atoms with Gasteiger partial charge in [-0.3, -0.25) is 4.98 Å². The van der Waals surface area contributed by atoms with Crippen molar-refractivity contribution in [1.82, 2.24) is 19.6 Å². The molecule has 0 atom stereocenters. The second kappa shape index (κ2) is 7.40. The molecule has 3 aromatic rings. The van der Waals surface area contributed by atoms with E-state index in [0.29, 0.717) is 6.04 Å². The summed E-state index contributed by atoms with van der Waals surface area (Å²) in [6.45, 7) is 4.14. The second-order valence-corrected chi connectivity index (χ2v) is 6.72. The predicted molar refractivity (Wildman–Crippen MR) is 104 cm³/mol. The maximum absolute atomic E-state index is 4.90. The number of aryl methyl sites for hydroxylation is 2. The molecule has 1 N–H and O–H groups in total. The van der Waals surface area contributed by atoms with E-state index in [2.05, 4.69) is 28.1 Å². The second-order valence-electron chi connectivity index (χ2n) is 6.72. The highest BCUT2D eigenvalue weighted by atomic mass is 35.5.